The van der Waals surface area contributed by atoms with Gasteiger partial charge in [-0.15, -0.1) is 0 Å². The molecule has 7 heteroatoms. The zero-order valence-corrected chi connectivity index (χ0v) is 16.9. The lowest BCUT2D eigenvalue weighted by Crippen LogP contribution is -2.62. The second-order valence-electron chi connectivity index (χ2n) is 8.65. The average Bonchev–Trinajstić information content (AvgIpc) is 3.00. The van der Waals surface area contributed by atoms with Crippen molar-refractivity contribution in [3.05, 3.63) is 35.9 Å². The molecule has 148 valence electrons. The lowest BCUT2D eigenvalue weighted by atomic mass is 10.0. The number of hydrogen-bond donors (Lipinski definition) is 3. The Hall–Kier alpha value is -1.96. The number of fused-ring (bicyclic) bond motifs is 1. The Bertz CT molecular complexity index is 821. The van der Waals surface area contributed by atoms with Crippen LogP contribution >= 0.6 is 0 Å². The van der Waals surface area contributed by atoms with Crippen molar-refractivity contribution in [3.63, 3.8) is 0 Å². The fourth-order valence-electron chi connectivity index (χ4n) is 3.76. The molecule has 2 aromatic rings. The number of piperazine rings is 1. The van der Waals surface area contributed by atoms with Crippen LogP contribution in [0.3, 0.4) is 0 Å². The van der Waals surface area contributed by atoms with Gasteiger partial charge in [-0.1, -0.05) is 6.07 Å². The summed E-state index contributed by atoms with van der Waals surface area (Å²) >= 11 is 0. The molecular formula is C20H31N5O2. The maximum Gasteiger partial charge on any atom is 0.239 e. The van der Waals surface area contributed by atoms with Crippen LogP contribution in [0.25, 0.3) is 5.52 Å². The van der Waals surface area contributed by atoms with E-state index >= 15 is 0 Å². The molecule has 0 spiro atoms. The third-order valence-electron chi connectivity index (χ3n) is 5.02. The molecule has 0 aliphatic carbocycles. The summed E-state index contributed by atoms with van der Waals surface area (Å²) in [6, 6.07) is 3.72. The number of aryl methyl sites for hydroxylation is 1. The summed E-state index contributed by atoms with van der Waals surface area (Å²) in [5.41, 5.74) is 0.709. The lowest BCUT2D eigenvalue weighted by molar-refractivity contribution is -0.130. The van der Waals surface area contributed by atoms with Gasteiger partial charge in [-0.25, -0.2) is 4.98 Å². The first kappa shape index (κ1) is 19.8. The second-order valence-corrected chi connectivity index (χ2v) is 8.65. The molecule has 1 aliphatic rings. The number of carbonyl (C=O) groups is 1. The van der Waals surface area contributed by atoms with Crippen LogP contribution in [-0.4, -0.2) is 63.1 Å². The van der Waals surface area contributed by atoms with E-state index in [0.29, 0.717) is 13.1 Å². The van der Waals surface area contributed by atoms with Crippen LogP contribution in [0.5, 0.6) is 0 Å². The van der Waals surface area contributed by atoms with E-state index in [0.717, 1.165) is 30.0 Å². The zero-order chi connectivity index (χ0) is 19.8. The molecular weight excluding hydrogens is 342 g/mol. The van der Waals surface area contributed by atoms with Gasteiger partial charge in [0, 0.05) is 32.4 Å². The number of nitrogens with one attached hydrogen (secondary N) is 2. The fourth-order valence-corrected chi connectivity index (χ4v) is 3.76. The molecule has 1 atom stereocenters. The minimum absolute atomic E-state index is 0.0548. The van der Waals surface area contributed by atoms with Gasteiger partial charge in [0.1, 0.15) is 11.9 Å². The Morgan fingerprint density at radius 1 is 1.41 bits per heavy atom. The molecule has 0 aromatic carbocycles. The Labute approximate surface area is 160 Å². The van der Waals surface area contributed by atoms with E-state index in [1.54, 1.807) is 13.8 Å². The highest BCUT2D eigenvalue weighted by molar-refractivity contribution is 5.83. The van der Waals surface area contributed by atoms with Gasteiger partial charge in [-0.05, 0) is 46.2 Å². The van der Waals surface area contributed by atoms with Crippen LogP contribution < -0.4 is 10.6 Å². The topological polar surface area (TPSA) is 81.9 Å². The number of amides is 1. The summed E-state index contributed by atoms with van der Waals surface area (Å²) in [6.45, 7) is 12.1. The molecule has 0 saturated carbocycles. The number of nitrogens with zero attached hydrogens (tertiary/aromatic N) is 3. The second kappa shape index (κ2) is 7.22. The standard InChI is InChI=1S/C20H31N5O2/c1-14-7-6-9-25-15(14)12-22-18(25)20(4,5)23-17(26)16-11-21-8-10-24(16)13-19(2,3)27/h6-7,9,12,16,21,27H,8,10-11,13H2,1-5H3,(H,23,26)/t16-/m0/s1. The number of β-amino-alcohol motifs (C(OH)–C–C–N with tert-alkyl or cyclic N) is 1. The van der Waals surface area contributed by atoms with Crippen molar-refractivity contribution in [1.82, 2.24) is 24.9 Å². The smallest absolute Gasteiger partial charge is 0.239 e. The normalized spacial score (nSPS) is 19.4. The van der Waals surface area contributed by atoms with Gasteiger partial charge >= 0.3 is 0 Å². The van der Waals surface area contributed by atoms with E-state index in [4.69, 9.17) is 0 Å². The van der Waals surface area contributed by atoms with Crippen LogP contribution in [0.15, 0.2) is 24.5 Å². The molecule has 0 bridgehead atoms. The van der Waals surface area contributed by atoms with Gasteiger partial charge in [0.05, 0.1) is 22.9 Å². The van der Waals surface area contributed by atoms with Crippen molar-refractivity contribution in [2.45, 2.75) is 51.8 Å². The summed E-state index contributed by atoms with van der Waals surface area (Å²) in [5, 5.41) is 16.6. The highest BCUT2D eigenvalue weighted by atomic mass is 16.3. The predicted molar refractivity (Wildman–Crippen MR) is 106 cm³/mol. The summed E-state index contributed by atoms with van der Waals surface area (Å²) in [4.78, 5) is 19.7. The number of rotatable bonds is 5. The molecule has 0 radical (unpaired) electrons. The molecule has 1 fully saturated rings. The van der Waals surface area contributed by atoms with Gasteiger partial charge in [0.15, 0.2) is 0 Å². The summed E-state index contributed by atoms with van der Waals surface area (Å²) < 4.78 is 2.03. The van der Waals surface area contributed by atoms with Crippen LogP contribution in [0, 0.1) is 6.92 Å². The van der Waals surface area contributed by atoms with Crippen LogP contribution in [-0.2, 0) is 10.3 Å². The highest BCUT2D eigenvalue weighted by Crippen LogP contribution is 2.22. The van der Waals surface area contributed by atoms with Gasteiger partial charge in [-0.3, -0.25) is 9.69 Å². The maximum atomic E-state index is 13.1. The first-order chi connectivity index (χ1) is 12.6. The number of aromatic nitrogens is 2. The van der Waals surface area contributed by atoms with Crippen LogP contribution in [0.1, 0.15) is 39.1 Å². The molecule has 0 unspecified atom stereocenters. The molecule has 1 saturated heterocycles. The lowest BCUT2D eigenvalue weighted by Gasteiger charge is -2.39. The van der Waals surface area contributed by atoms with E-state index < -0.39 is 11.1 Å². The SMILES string of the molecule is Cc1cccn2c(C(C)(C)NC(=O)[C@@H]3CNCCN3CC(C)(C)O)ncc12. The number of hydrogen-bond acceptors (Lipinski definition) is 5. The quantitative estimate of drug-likeness (QED) is 0.730. The summed E-state index contributed by atoms with van der Waals surface area (Å²) in [5.74, 6) is 0.744. The van der Waals surface area contributed by atoms with Crippen molar-refractivity contribution >= 4 is 11.4 Å². The first-order valence-corrected chi connectivity index (χ1v) is 9.51. The van der Waals surface area contributed by atoms with E-state index in [1.807, 2.05) is 36.7 Å². The third kappa shape index (κ3) is 4.31. The van der Waals surface area contributed by atoms with Crippen molar-refractivity contribution in [2.75, 3.05) is 26.2 Å². The summed E-state index contributed by atoms with van der Waals surface area (Å²) in [6.07, 6.45) is 3.82. The number of aliphatic hydroxyl groups is 1. The van der Waals surface area contributed by atoms with Crippen LogP contribution in [0.2, 0.25) is 0 Å². The van der Waals surface area contributed by atoms with Crippen molar-refractivity contribution in [1.29, 1.82) is 0 Å². The molecule has 1 aliphatic heterocycles. The van der Waals surface area contributed by atoms with E-state index in [-0.39, 0.29) is 11.9 Å². The minimum Gasteiger partial charge on any atom is -0.389 e. The van der Waals surface area contributed by atoms with E-state index in [1.165, 1.54) is 0 Å². The van der Waals surface area contributed by atoms with E-state index in [2.05, 4.69) is 33.5 Å². The van der Waals surface area contributed by atoms with Gasteiger partial charge in [-0.2, -0.15) is 0 Å². The number of pyridine rings is 1. The fraction of sp³-hybridized carbons (Fsp3) is 0.600. The predicted octanol–water partition coefficient (Wildman–Crippen LogP) is 1.04. The minimum atomic E-state index is -0.845. The Morgan fingerprint density at radius 2 is 2.15 bits per heavy atom. The Morgan fingerprint density at radius 3 is 2.85 bits per heavy atom. The van der Waals surface area contributed by atoms with Crippen molar-refractivity contribution in [2.24, 2.45) is 0 Å². The molecule has 3 N–H and O–H groups in total. The molecule has 7 nitrogen and oxygen atoms in total. The Balaban J connectivity index is 1.81. The Kier molecular flexibility index (Phi) is 5.29. The summed E-state index contributed by atoms with van der Waals surface area (Å²) in [7, 11) is 0. The van der Waals surface area contributed by atoms with Crippen molar-refractivity contribution in [3.8, 4) is 0 Å². The highest BCUT2D eigenvalue weighted by Gasteiger charge is 2.36. The number of imidazole rings is 1. The van der Waals surface area contributed by atoms with Gasteiger partial charge < -0.3 is 20.1 Å². The van der Waals surface area contributed by atoms with Crippen molar-refractivity contribution < 1.29 is 9.90 Å². The third-order valence-corrected chi connectivity index (χ3v) is 5.02. The first-order valence-electron chi connectivity index (χ1n) is 9.51. The zero-order valence-electron chi connectivity index (χ0n) is 16.9. The molecule has 3 heterocycles. The largest absolute Gasteiger partial charge is 0.389 e. The monoisotopic (exact) mass is 373 g/mol. The average molecular weight is 374 g/mol. The van der Waals surface area contributed by atoms with Gasteiger partial charge in [0.25, 0.3) is 0 Å². The maximum absolute atomic E-state index is 13.1. The van der Waals surface area contributed by atoms with Crippen LogP contribution in [0.4, 0.5) is 0 Å². The molecule has 27 heavy (non-hydrogen) atoms. The number of carbonyl (C=O) groups excluding carboxylic acids is 1. The molecule has 1 amide bonds. The molecule has 2 aromatic heterocycles. The van der Waals surface area contributed by atoms with Gasteiger partial charge in [0.2, 0.25) is 5.91 Å². The molecule has 3 rings (SSSR count). The van der Waals surface area contributed by atoms with E-state index in [9.17, 15) is 9.90 Å².